The van der Waals surface area contributed by atoms with Gasteiger partial charge >= 0.3 is 0 Å². The van der Waals surface area contributed by atoms with E-state index in [4.69, 9.17) is 0 Å². The van der Waals surface area contributed by atoms with Gasteiger partial charge in [-0.1, -0.05) is 26.7 Å². The van der Waals surface area contributed by atoms with Gasteiger partial charge < -0.3 is 0 Å². The molecular formula is C18H22S2. The van der Waals surface area contributed by atoms with Gasteiger partial charge in [0, 0.05) is 0 Å². The zero-order valence-electron chi connectivity index (χ0n) is 12.4. The molecule has 0 spiro atoms. The minimum absolute atomic E-state index is 1.16. The van der Waals surface area contributed by atoms with Crippen LogP contribution in [0.4, 0.5) is 0 Å². The Morgan fingerprint density at radius 3 is 1.65 bits per heavy atom. The monoisotopic (exact) mass is 302 g/mol. The van der Waals surface area contributed by atoms with Crippen molar-refractivity contribution < 1.29 is 0 Å². The highest BCUT2D eigenvalue weighted by molar-refractivity contribution is 7.11. The summed E-state index contributed by atoms with van der Waals surface area (Å²) in [5.74, 6) is 6.80. The lowest BCUT2D eigenvalue weighted by atomic mass is 10.1. The van der Waals surface area contributed by atoms with E-state index < -0.39 is 0 Å². The number of unbranched alkanes of at least 4 members (excludes halogenated alkanes) is 2. The summed E-state index contributed by atoms with van der Waals surface area (Å²) < 4.78 is 0. The van der Waals surface area contributed by atoms with Crippen LogP contribution in [-0.4, -0.2) is 0 Å². The first-order valence-electron chi connectivity index (χ1n) is 7.49. The molecule has 2 rings (SSSR count). The van der Waals surface area contributed by atoms with Gasteiger partial charge in [0.25, 0.3) is 0 Å². The van der Waals surface area contributed by atoms with Crippen LogP contribution in [0.15, 0.2) is 22.9 Å². The molecule has 0 nitrogen and oxygen atoms in total. The van der Waals surface area contributed by atoms with Crippen molar-refractivity contribution in [3.8, 4) is 11.8 Å². The van der Waals surface area contributed by atoms with Crippen LogP contribution in [0.3, 0.4) is 0 Å². The maximum absolute atomic E-state index is 3.40. The lowest BCUT2D eigenvalue weighted by Crippen LogP contribution is -1.86. The van der Waals surface area contributed by atoms with Crippen molar-refractivity contribution in [2.75, 3.05) is 0 Å². The third-order valence-corrected chi connectivity index (χ3v) is 5.13. The SMILES string of the molecule is CCCCc1ccsc1C#Cc1sccc1CCCC. The minimum atomic E-state index is 1.16. The van der Waals surface area contributed by atoms with Gasteiger partial charge in [-0.05, 0) is 71.5 Å². The van der Waals surface area contributed by atoms with Crippen LogP contribution in [-0.2, 0) is 12.8 Å². The van der Waals surface area contributed by atoms with Gasteiger partial charge in [-0.25, -0.2) is 0 Å². The van der Waals surface area contributed by atoms with Crippen LogP contribution in [0, 0.1) is 11.8 Å². The van der Waals surface area contributed by atoms with Gasteiger partial charge in [0.05, 0.1) is 9.75 Å². The first-order chi connectivity index (χ1) is 9.85. The van der Waals surface area contributed by atoms with Gasteiger partial charge in [-0.15, -0.1) is 22.7 Å². The van der Waals surface area contributed by atoms with E-state index in [1.807, 2.05) is 0 Å². The van der Waals surface area contributed by atoms with Crippen molar-refractivity contribution in [1.82, 2.24) is 0 Å². The summed E-state index contributed by atoms with van der Waals surface area (Å²) in [6.07, 6.45) is 7.33. The van der Waals surface area contributed by atoms with Crippen molar-refractivity contribution in [2.24, 2.45) is 0 Å². The molecule has 2 heteroatoms. The minimum Gasteiger partial charge on any atom is -0.135 e. The van der Waals surface area contributed by atoms with Gasteiger partial charge in [0.1, 0.15) is 0 Å². The Labute approximate surface area is 130 Å². The zero-order chi connectivity index (χ0) is 14.2. The average Bonchev–Trinajstić information content (AvgIpc) is 3.09. The molecule has 2 aromatic heterocycles. The molecule has 0 unspecified atom stereocenters. The van der Waals surface area contributed by atoms with Crippen LogP contribution in [0.1, 0.15) is 60.4 Å². The highest BCUT2D eigenvalue weighted by atomic mass is 32.1. The van der Waals surface area contributed by atoms with Crippen molar-refractivity contribution in [2.45, 2.75) is 52.4 Å². The molecule has 0 atom stereocenters. The summed E-state index contributed by atoms with van der Waals surface area (Å²) in [6.45, 7) is 4.48. The lowest BCUT2D eigenvalue weighted by molar-refractivity contribution is 0.796. The fraction of sp³-hybridized carbons (Fsp3) is 0.444. The molecule has 0 radical (unpaired) electrons. The van der Waals surface area contributed by atoms with E-state index in [0.717, 1.165) is 12.8 Å². The molecule has 0 N–H and O–H groups in total. The Balaban J connectivity index is 2.10. The van der Waals surface area contributed by atoms with E-state index >= 15 is 0 Å². The quantitative estimate of drug-likeness (QED) is 0.583. The number of hydrogen-bond donors (Lipinski definition) is 0. The highest BCUT2D eigenvalue weighted by Crippen LogP contribution is 2.20. The molecule has 0 bridgehead atoms. The molecule has 0 aliphatic carbocycles. The van der Waals surface area contributed by atoms with Gasteiger partial charge in [-0.3, -0.25) is 0 Å². The lowest BCUT2D eigenvalue weighted by Gasteiger charge is -1.97. The van der Waals surface area contributed by atoms with Crippen LogP contribution >= 0.6 is 22.7 Å². The third-order valence-electron chi connectivity index (χ3n) is 3.38. The molecule has 2 aromatic rings. The maximum Gasteiger partial charge on any atom is 0.0804 e. The summed E-state index contributed by atoms with van der Waals surface area (Å²) in [5.41, 5.74) is 2.85. The predicted octanol–water partition coefficient (Wildman–Crippen LogP) is 5.89. The third kappa shape index (κ3) is 4.23. The second-order valence-electron chi connectivity index (χ2n) is 5.01. The van der Waals surface area contributed by atoms with Crippen LogP contribution in [0.2, 0.25) is 0 Å². The average molecular weight is 303 g/mol. The summed E-state index contributed by atoms with van der Waals surface area (Å²) >= 11 is 3.55. The van der Waals surface area contributed by atoms with Crippen molar-refractivity contribution in [3.05, 3.63) is 43.8 Å². The molecule has 0 aliphatic rings. The van der Waals surface area contributed by atoms with Crippen LogP contribution in [0.5, 0.6) is 0 Å². The topological polar surface area (TPSA) is 0 Å². The van der Waals surface area contributed by atoms with Crippen molar-refractivity contribution in [3.63, 3.8) is 0 Å². The van der Waals surface area contributed by atoms with Crippen LogP contribution < -0.4 is 0 Å². The summed E-state index contributed by atoms with van der Waals surface area (Å²) in [7, 11) is 0. The molecule has 0 aliphatic heterocycles. The first kappa shape index (κ1) is 15.4. The largest absolute Gasteiger partial charge is 0.135 e. The summed E-state index contributed by atoms with van der Waals surface area (Å²) in [4.78, 5) is 2.52. The van der Waals surface area contributed by atoms with E-state index in [-0.39, 0.29) is 0 Å². The van der Waals surface area contributed by atoms with E-state index in [1.54, 1.807) is 22.7 Å². The molecular weight excluding hydrogens is 280 g/mol. The normalized spacial score (nSPS) is 10.3. The smallest absolute Gasteiger partial charge is 0.0804 e. The highest BCUT2D eigenvalue weighted by Gasteiger charge is 2.03. The molecule has 0 saturated carbocycles. The second kappa shape index (κ2) is 8.29. The van der Waals surface area contributed by atoms with E-state index in [0.29, 0.717) is 0 Å². The second-order valence-corrected chi connectivity index (χ2v) is 6.84. The zero-order valence-corrected chi connectivity index (χ0v) is 14.0. The molecule has 106 valence electrons. The Kier molecular flexibility index (Phi) is 6.36. The molecule has 20 heavy (non-hydrogen) atoms. The van der Waals surface area contributed by atoms with Gasteiger partial charge in [-0.2, -0.15) is 0 Å². The Hall–Kier alpha value is -1.04. The van der Waals surface area contributed by atoms with Gasteiger partial charge in [0.15, 0.2) is 0 Å². The Morgan fingerprint density at radius 1 is 0.800 bits per heavy atom. The van der Waals surface area contributed by atoms with Crippen molar-refractivity contribution >= 4 is 22.7 Å². The Bertz CT molecular complexity index is 528. The molecule has 0 fully saturated rings. The molecule has 0 aromatic carbocycles. The number of hydrogen-bond acceptors (Lipinski definition) is 2. The van der Waals surface area contributed by atoms with E-state index in [9.17, 15) is 0 Å². The van der Waals surface area contributed by atoms with Crippen molar-refractivity contribution in [1.29, 1.82) is 0 Å². The number of thiophene rings is 2. The molecule has 0 amide bonds. The Morgan fingerprint density at radius 2 is 1.25 bits per heavy atom. The van der Waals surface area contributed by atoms with E-state index in [2.05, 4.69) is 48.6 Å². The fourth-order valence-electron chi connectivity index (χ4n) is 2.13. The summed E-state index contributed by atoms with van der Waals surface area (Å²) in [6, 6.07) is 4.47. The first-order valence-corrected chi connectivity index (χ1v) is 9.25. The number of aryl methyl sites for hydroxylation is 2. The molecule has 0 saturated heterocycles. The number of rotatable bonds is 6. The molecule has 2 heterocycles. The standard InChI is InChI=1S/C18H22S2/c1-3-5-7-15-11-13-19-17(15)9-10-18-16(8-6-4-2)12-14-20-18/h11-14H,3-8H2,1-2H3. The van der Waals surface area contributed by atoms with Gasteiger partial charge in [0.2, 0.25) is 0 Å². The van der Waals surface area contributed by atoms with Crippen LogP contribution in [0.25, 0.3) is 0 Å². The van der Waals surface area contributed by atoms with E-state index in [1.165, 1.54) is 46.6 Å². The maximum atomic E-state index is 3.40. The summed E-state index contributed by atoms with van der Waals surface area (Å²) in [5, 5.41) is 4.34. The predicted molar refractivity (Wildman–Crippen MR) is 91.8 cm³/mol. The fourth-order valence-corrected chi connectivity index (χ4v) is 3.73.